The van der Waals surface area contributed by atoms with Crippen LogP contribution in [0, 0.1) is 5.92 Å². The van der Waals surface area contributed by atoms with Crippen molar-refractivity contribution < 1.29 is 5.11 Å². The van der Waals surface area contributed by atoms with Crippen molar-refractivity contribution in [2.24, 2.45) is 5.92 Å². The van der Waals surface area contributed by atoms with Gasteiger partial charge in [-0.25, -0.2) is 0 Å². The first kappa shape index (κ1) is 11.7. The molecule has 0 amide bonds. The molecule has 1 fully saturated rings. The van der Waals surface area contributed by atoms with Gasteiger partial charge in [0.15, 0.2) is 0 Å². The van der Waals surface area contributed by atoms with Crippen LogP contribution in [0.15, 0.2) is 11.6 Å². The molecule has 2 aliphatic rings. The Balaban J connectivity index is 2.04. The summed E-state index contributed by atoms with van der Waals surface area (Å²) in [5, 5.41) is 13.2. The van der Waals surface area contributed by atoms with Crippen molar-refractivity contribution in [2.75, 3.05) is 13.1 Å². The molecule has 0 aromatic rings. The second-order valence-electron chi connectivity index (χ2n) is 4.41. The summed E-state index contributed by atoms with van der Waals surface area (Å²) >= 11 is 12.2. The highest BCUT2D eigenvalue weighted by atomic mass is 35.5. The van der Waals surface area contributed by atoms with Gasteiger partial charge in [-0.2, -0.15) is 0 Å². The molecule has 1 saturated carbocycles. The standard InChI is InChI=1S/C11H17Cl2NO/c12-9-5-8(11(15)6-10(9)13)7-1-3-14-4-2-7/h1,8-11,14-15H,2-6H2. The molecule has 4 heteroatoms. The SMILES string of the molecule is OC1CC(Cl)C(Cl)CC1C1=CCNCC1. The Labute approximate surface area is 101 Å². The largest absolute Gasteiger partial charge is 0.392 e. The minimum absolute atomic E-state index is 0.00384. The fraction of sp³-hybridized carbons (Fsp3) is 0.818. The molecular weight excluding hydrogens is 233 g/mol. The number of aliphatic hydroxyl groups excluding tert-OH is 1. The van der Waals surface area contributed by atoms with E-state index in [0.29, 0.717) is 6.42 Å². The van der Waals surface area contributed by atoms with Crippen LogP contribution in [0.2, 0.25) is 0 Å². The Morgan fingerprint density at radius 2 is 2.00 bits per heavy atom. The third-order valence-electron chi connectivity index (χ3n) is 3.38. The van der Waals surface area contributed by atoms with E-state index in [4.69, 9.17) is 23.2 Å². The molecule has 0 bridgehead atoms. The van der Waals surface area contributed by atoms with Crippen LogP contribution < -0.4 is 5.32 Å². The summed E-state index contributed by atoms with van der Waals surface area (Å²) in [7, 11) is 0. The Morgan fingerprint density at radius 3 is 2.67 bits per heavy atom. The van der Waals surface area contributed by atoms with Gasteiger partial charge < -0.3 is 10.4 Å². The molecule has 1 aliphatic carbocycles. The highest BCUT2D eigenvalue weighted by Gasteiger charge is 2.36. The summed E-state index contributed by atoms with van der Waals surface area (Å²) in [4.78, 5) is 0. The average molecular weight is 250 g/mol. The fourth-order valence-corrected chi connectivity index (χ4v) is 3.05. The molecule has 0 saturated heterocycles. The van der Waals surface area contributed by atoms with Crippen LogP contribution in [-0.2, 0) is 0 Å². The van der Waals surface area contributed by atoms with Crippen LogP contribution in [-0.4, -0.2) is 35.1 Å². The highest BCUT2D eigenvalue weighted by Crippen LogP contribution is 2.37. The van der Waals surface area contributed by atoms with Gasteiger partial charge >= 0.3 is 0 Å². The van der Waals surface area contributed by atoms with Crippen molar-refractivity contribution in [3.63, 3.8) is 0 Å². The van der Waals surface area contributed by atoms with Gasteiger partial charge in [-0.3, -0.25) is 0 Å². The molecule has 0 spiro atoms. The maximum absolute atomic E-state index is 10.0. The normalized spacial score (nSPS) is 42.5. The monoisotopic (exact) mass is 249 g/mol. The van der Waals surface area contributed by atoms with E-state index in [2.05, 4.69) is 11.4 Å². The lowest BCUT2D eigenvalue weighted by molar-refractivity contribution is 0.0883. The number of nitrogens with one attached hydrogen (secondary N) is 1. The van der Waals surface area contributed by atoms with Crippen LogP contribution in [0.25, 0.3) is 0 Å². The summed E-state index contributed by atoms with van der Waals surface area (Å²) in [6.45, 7) is 1.92. The topological polar surface area (TPSA) is 32.3 Å². The Bertz CT molecular complexity index is 257. The van der Waals surface area contributed by atoms with Gasteiger partial charge in [0, 0.05) is 12.5 Å². The Kier molecular flexibility index (Phi) is 3.94. The van der Waals surface area contributed by atoms with E-state index in [1.54, 1.807) is 0 Å². The summed E-state index contributed by atoms with van der Waals surface area (Å²) in [6.07, 6.45) is 4.33. The van der Waals surface area contributed by atoms with E-state index < -0.39 is 0 Å². The molecule has 2 nitrogen and oxygen atoms in total. The van der Waals surface area contributed by atoms with Gasteiger partial charge in [-0.05, 0) is 25.8 Å². The van der Waals surface area contributed by atoms with Gasteiger partial charge in [-0.15, -0.1) is 23.2 Å². The van der Waals surface area contributed by atoms with Crippen LogP contribution in [0.5, 0.6) is 0 Å². The maximum atomic E-state index is 10.0. The third kappa shape index (κ3) is 2.68. The van der Waals surface area contributed by atoms with E-state index >= 15 is 0 Å². The third-order valence-corrected chi connectivity index (χ3v) is 4.47. The van der Waals surface area contributed by atoms with Crippen molar-refractivity contribution >= 4 is 23.2 Å². The van der Waals surface area contributed by atoms with Crippen molar-refractivity contribution in [3.05, 3.63) is 11.6 Å². The smallest absolute Gasteiger partial charge is 0.0620 e. The summed E-state index contributed by atoms with van der Waals surface area (Å²) in [6, 6.07) is 0. The van der Waals surface area contributed by atoms with Gasteiger partial charge in [0.25, 0.3) is 0 Å². The van der Waals surface area contributed by atoms with Crippen LogP contribution in [0.3, 0.4) is 0 Å². The number of alkyl halides is 2. The molecule has 0 radical (unpaired) electrons. The van der Waals surface area contributed by atoms with E-state index in [1.807, 2.05) is 0 Å². The summed E-state index contributed by atoms with van der Waals surface area (Å²) < 4.78 is 0. The predicted molar refractivity (Wildman–Crippen MR) is 63.6 cm³/mol. The van der Waals surface area contributed by atoms with E-state index in [1.165, 1.54) is 5.57 Å². The molecule has 2 rings (SSSR count). The fourth-order valence-electron chi connectivity index (χ4n) is 2.47. The molecule has 86 valence electrons. The van der Waals surface area contributed by atoms with Crippen LogP contribution in [0.4, 0.5) is 0 Å². The van der Waals surface area contributed by atoms with Crippen molar-refractivity contribution in [1.29, 1.82) is 0 Å². The molecular formula is C11H17Cl2NO. The zero-order valence-corrected chi connectivity index (χ0v) is 10.1. The maximum Gasteiger partial charge on any atom is 0.0620 e. The van der Waals surface area contributed by atoms with E-state index in [-0.39, 0.29) is 22.8 Å². The minimum atomic E-state index is -0.313. The van der Waals surface area contributed by atoms with Gasteiger partial charge in [0.2, 0.25) is 0 Å². The number of rotatable bonds is 1. The zero-order valence-electron chi connectivity index (χ0n) is 8.63. The molecule has 15 heavy (non-hydrogen) atoms. The van der Waals surface area contributed by atoms with E-state index in [0.717, 1.165) is 25.9 Å². The highest BCUT2D eigenvalue weighted by molar-refractivity contribution is 6.30. The van der Waals surface area contributed by atoms with Crippen molar-refractivity contribution in [1.82, 2.24) is 5.32 Å². The molecule has 1 heterocycles. The first-order valence-electron chi connectivity index (χ1n) is 5.54. The van der Waals surface area contributed by atoms with Crippen molar-refractivity contribution in [3.8, 4) is 0 Å². The average Bonchev–Trinajstić information content (AvgIpc) is 2.25. The quantitative estimate of drug-likeness (QED) is 0.550. The first-order valence-corrected chi connectivity index (χ1v) is 6.41. The predicted octanol–water partition coefficient (Wildman–Crippen LogP) is 1.89. The second-order valence-corrected chi connectivity index (χ2v) is 5.53. The Hall–Kier alpha value is 0.240. The zero-order chi connectivity index (χ0) is 10.8. The lowest BCUT2D eigenvalue weighted by Crippen LogP contribution is -2.39. The summed E-state index contributed by atoms with van der Waals surface area (Å²) in [5.41, 5.74) is 1.36. The van der Waals surface area contributed by atoms with Gasteiger partial charge in [0.1, 0.15) is 0 Å². The molecule has 0 aromatic carbocycles. The number of halogens is 2. The number of hydrogen-bond acceptors (Lipinski definition) is 2. The first-order chi connectivity index (χ1) is 7.18. The molecule has 4 atom stereocenters. The van der Waals surface area contributed by atoms with Gasteiger partial charge in [-0.1, -0.05) is 11.6 Å². The molecule has 0 aromatic heterocycles. The molecule has 2 N–H and O–H groups in total. The number of aliphatic hydroxyl groups is 1. The molecule has 1 aliphatic heterocycles. The van der Waals surface area contributed by atoms with Crippen LogP contribution >= 0.6 is 23.2 Å². The minimum Gasteiger partial charge on any atom is -0.392 e. The number of hydrogen-bond donors (Lipinski definition) is 2. The summed E-state index contributed by atoms with van der Waals surface area (Å²) in [5.74, 6) is 0.226. The van der Waals surface area contributed by atoms with Crippen LogP contribution in [0.1, 0.15) is 19.3 Å². The lowest BCUT2D eigenvalue weighted by Gasteiger charge is -2.36. The molecule has 4 unspecified atom stereocenters. The second kappa shape index (κ2) is 5.05. The van der Waals surface area contributed by atoms with Crippen molar-refractivity contribution in [2.45, 2.75) is 36.1 Å². The van der Waals surface area contributed by atoms with E-state index in [9.17, 15) is 5.11 Å². The lowest BCUT2D eigenvalue weighted by atomic mass is 9.79. The van der Waals surface area contributed by atoms with Gasteiger partial charge in [0.05, 0.1) is 16.9 Å². The Morgan fingerprint density at radius 1 is 1.27 bits per heavy atom.